The number of para-hydroxylation sites is 1. The summed E-state index contributed by atoms with van der Waals surface area (Å²) < 4.78 is 21.2. The number of nitrogens with zero attached hydrogens (tertiary/aromatic N) is 2. The van der Waals surface area contributed by atoms with E-state index < -0.39 is 18.5 Å². The minimum Gasteiger partial charge on any atom is -0.481 e. The summed E-state index contributed by atoms with van der Waals surface area (Å²) in [6.07, 6.45) is 0. The number of aryl methyl sites for hydroxylation is 2. The van der Waals surface area contributed by atoms with Crippen molar-refractivity contribution in [3.63, 3.8) is 0 Å². The summed E-state index contributed by atoms with van der Waals surface area (Å²) in [5, 5.41) is 7.75. The van der Waals surface area contributed by atoms with Gasteiger partial charge in [-0.2, -0.15) is 0 Å². The second kappa shape index (κ2) is 7.73. The van der Waals surface area contributed by atoms with E-state index >= 15 is 0 Å². The van der Waals surface area contributed by atoms with Crippen molar-refractivity contribution in [3.8, 4) is 17.2 Å². The van der Waals surface area contributed by atoms with Crippen LogP contribution in [0.1, 0.15) is 27.8 Å². The van der Waals surface area contributed by atoms with Crippen LogP contribution in [0, 0.1) is 13.8 Å². The van der Waals surface area contributed by atoms with Gasteiger partial charge in [-0.25, -0.2) is 4.79 Å². The van der Waals surface area contributed by atoms with Crippen molar-refractivity contribution in [3.05, 3.63) is 53.3 Å². The fourth-order valence-corrected chi connectivity index (χ4v) is 2.38. The number of carbonyl (C=O) groups excluding carboxylic acids is 2. The quantitative estimate of drug-likeness (QED) is 0.625. The highest BCUT2D eigenvalue weighted by molar-refractivity contribution is 5.95. The Morgan fingerprint density at radius 1 is 1.15 bits per heavy atom. The zero-order valence-electron chi connectivity index (χ0n) is 14.7. The third kappa shape index (κ3) is 4.32. The zero-order chi connectivity index (χ0) is 19.4. The summed E-state index contributed by atoms with van der Waals surface area (Å²) in [6, 6.07) is 8.12. The van der Waals surface area contributed by atoms with Gasteiger partial charge in [-0.3, -0.25) is 4.79 Å². The Morgan fingerprint density at radius 2 is 1.93 bits per heavy atom. The minimum atomic E-state index is -0.663. The van der Waals surface area contributed by atoms with Crippen molar-refractivity contribution in [2.75, 3.05) is 6.61 Å². The second-order valence-electron chi connectivity index (χ2n) is 5.64. The fraction of sp³-hybridized carbons (Fsp3) is 0.222. The molecule has 0 atom stereocenters. The molecule has 0 saturated heterocycles. The van der Waals surface area contributed by atoms with Crippen LogP contribution in [0.15, 0.2) is 39.2 Å². The molecule has 1 aromatic carbocycles. The number of carbonyl (C=O) groups is 2. The van der Waals surface area contributed by atoms with Gasteiger partial charge in [0.2, 0.25) is 0 Å². The van der Waals surface area contributed by atoms with Crippen LogP contribution >= 0.6 is 0 Å². The van der Waals surface area contributed by atoms with Gasteiger partial charge in [-0.1, -0.05) is 12.1 Å². The largest absolute Gasteiger partial charge is 0.481 e. The number of esters is 1. The first kappa shape index (κ1) is 18.2. The van der Waals surface area contributed by atoms with E-state index in [4.69, 9.17) is 24.0 Å². The summed E-state index contributed by atoms with van der Waals surface area (Å²) in [4.78, 5) is 23.2. The predicted octanol–water partition coefficient (Wildman–Crippen LogP) is 2.17. The van der Waals surface area contributed by atoms with Gasteiger partial charge in [-0.05, 0) is 32.0 Å². The number of rotatable bonds is 7. The standard InChI is InChI=1S/C18H17N3O6/c1-10-7-13(11(2)26-10)18-21-20-15(27-18)8-25-16(22)9-24-14-6-4-3-5-12(14)17(19)23/h3-7H,8-9H2,1-2H3,(H2,19,23). The molecule has 2 N–H and O–H groups in total. The normalized spacial score (nSPS) is 10.6. The molecule has 0 unspecified atom stereocenters. The van der Waals surface area contributed by atoms with Gasteiger partial charge in [0.05, 0.1) is 11.1 Å². The third-order valence-electron chi connectivity index (χ3n) is 3.59. The first-order valence-electron chi connectivity index (χ1n) is 8.01. The Labute approximate surface area is 154 Å². The minimum absolute atomic E-state index is 0.133. The van der Waals surface area contributed by atoms with Crippen molar-refractivity contribution in [1.29, 1.82) is 0 Å². The van der Waals surface area contributed by atoms with Gasteiger partial charge in [0.1, 0.15) is 17.3 Å². The van der Waals surface area contributed by atoms with Gasteiger partial charge in [0.15, 0.2) is 13.2 Å². The average Bonchev–Trinajstić information content (AvgIpc) is 3.24. The molecule has 0 bridgehead atoms. The molecule has 0 saturated carbocycles. The van der Waals surface area contributed by atoms with E-state index in [0.717, 1.165) is 5.76 Å². The van der Waals surface area contributed by atoms with Crippen LogP contribution in [0.5, 0.6) is 5.75 Å². The molecule has 27 heavy (non-hydrogen) atoms. The van der Waals surface area contributed by atoms with Gasteiger partial charge in [0, 0.05) is 0 Å². The highest BCUT2D eigenvalue weighted by Gasteiger charge is 2.16. The molecule has 2 heterocycles. The first-order valence-corrected chi connectivity index (χ1v) is 8.01. The second-order valence-corrected chi connectivity index (χ2v) is 5.64. The third-order valence-corrected chi connectivity index (χ3v) is 3.59. The van der Waals surface area contributed by atoms with Gasteiger partial charge < -0.3 is 24.0 Å². The highest BCUT2D eigenvalue weighted by Crippen LogP contribution is 2.25. The molecule has 9 heteroatoms. The SMILES string of the molecule is Cc1cc(-c2nnc(COC(=O)COc3ccccc3C(N)=O)o2)c(C)o1. The van der Waals surface area contributed by atoms with E-state index in [9.17, 15) is 9.59 Å². The summed E-state index contributed by atoms with van der Waals surface area (Å²) in [7, 11) is 0. The lowest BCUT2D eigenvalue weighted by molar-refractivity contribution is -0.148. The molecule has 0 aliphatic carbocycles. The van der Waals surface area contributed by atoms with Crippen molar-refractivity contribution in [2.45, 2.75) is 20.5 Å². The lowest BCUT2D eigenvalue weighted by Gasteiger charge is -2.08. The van der Waals surface area contributed by atoms with Gasteiger partial charge in [0.25, 0.3) is 17.7 Å². The van der Waals surface area contributed by atoms with E-state index in [0.29, 0.717) is 11.3 Å². The summed E-state index contributed by atoms with van der Waals surface area (Å²) in [6.45, 7) is 2.99. The molecule has 0 aliphatic rings. The molecule has 0 spiro atoms. The number of furan rings is 1. The topological polar surface area (TPSA) is 131 Å². The molecule has 3 rings (SSSR count). The van der Waals surface area contributed by atoms with Gasteiger partial charge in [-0.15, -0.1) is 10.2 Å². The summed E-state index contributed by atoms with van der Waals surface area (Å²) >= 11 is 0. The molecule has 9 nitrogen and oxygen atoms in total. The van der Waals surface area contributed by atoms with E-state index in [2.05, 4.69) is 10.2 Å². The highest BCUT2D eigenvalue weighted by atomic mass is 16.6. The number of hydrogen-bond donors (Lipinski definition) is 1. The van der Waals surface area contributed by atoms with Crippen LogP contribution in [-0.4, -0.2) is 28.7 Å². The number of benzene rings is 1. The zero-order valence-corrected chi connectivity index (χ0v) is 14.7. The van der Waals surface area contributed by atoms with E-state index in [1.807, 2.05) is 6.92 Å². The van der Waals surface area contributed by atoms with Crippen LogP contribution in [0.4, 0.5) is 0 Å². The van der Waals surface area contributed by atoms with Crippen molar-refractivity contribution >= 4 is 11.9 Å². The Bertz CT molecular complexity index is 975. The maximum atomic E-state index is 11.8. The summed E-state index contributed by atoms with van der Waals surface area (Å²) in [5.74, 6) is 0.679. The lowest BCUT2D eigenvalue weighted by atomic mass is 10.2. The predicted molar refractivity (Wildman–Crippen MR) is 91.7 cm³/mol. The molecule has 0 aliphatic heterocycles. The number of nitrogens with two attached hydrogens (primary N) is 1. The molecular weight excluding hydrogens is 354 g/mol. The van der Waals surface area contributed by atoms with Gasteiger partial charge >= 0.3 is 5.97 Å². The smallest absolute Gasteiger partial charge is 0.344 e. The lowest BCUT2D eigenvalue weighted by Crippen LogP contribution is -2.18. The Hall–Kier alpha value is -3.62. The molecule has 0 fully saturated rings. The molecule has 0 radical (unpaired) electrons. The molecule has 2 aromatic heterocycles. The van der Waals surface area contributed by atoms with Crippen LogP contribution in [0.3, 0.4) is 0 Å². The van der Waals surface area contributed by atoms with Crippen molar-refractivity contribution in [1.82, 2.24) is 10.2 Å². The van der Waals surface area contributed by atoms with E-state index in [-0.39, 0.29) is 29.7 Å². The molecule has 140 valence electrons. The Kier molecular flexibility index (Phi) is 5.20. The molecule has 3 aromatic rings. The monoisotopic (exact) mass is 371 g/mol. The maximum absolute atomic E-state index is 11.8. The Balaban J connectivity index is 1.54. The summed E-state index contributed by atoms with van der Waals surface area (Å²) in [5.41, 5.74) is 6.11. The van der Waals surface area contributed by atoms with E-state index in [1.165, 1.54) is 12.1 Å². The van der Waals surface area contributed by atoms with Crippen molar-refractivity contribution in [2.24, 2.45) is 5.73 Å². The fourth-order valence-electron chi connectivity index (χ4n) is 2.38. The van der Waals surface area contributed by atoms with Crippen LogP contribution in [0.25, 0.3) is 11.5 Å². The number of amides is 1. The molecule has 1 amide bonds. The number of hydrogen-bond acceptors (Lipinski definition) is 8. The number of ether oxygens (including phenoxy) is 2. The van der Waals surface area contributed by atoms with Crippen LogP contribution in [-0.2, 0) is 16.1 Å². The van der Waals surface area contributed by atoms with Crippen molar-refractivity contribution < 1.29 is 27.9 Å². The van der Waals surface area contributed by atoms with E-state index in [1.54, 1.807) is 25.1 Å². The van der Waals surface area contributed by atoms with Crippen LogP contribution in [0.2, 0.25) is 0 Å². The first-order chi connectivity index (χ1) is 12.9. The maximum Gasteiger partial charge on any atom is 0.344 e. The Morgan fingerprint density at radius 3 is 2.63 bits per heavy atom. The molecular formula is C18H17N3O6. The van der Waals surface area contributed by atoms with Crippen LogP contribution < -0.4 is 10.5 Å². The average molecular weight is 371 g/mol. The number of primary amides is 1. The number of aromatic nitrogens is 2.